The van der Waals surface area contributed by atoms with E-state index in [2.05, 4.69) is 39.6 Å². The first-order chi connectivity index (χ1) is 15.2. The lowest BCUT2D eigenvalue weighted by Crippen LogP contribution is -2.27. The quantitative estimate of drug-likeness (QED) is 0.420. The van der Waals surface area contributed by atoms with Gasteiger partial charge in [0.2, 0.25) is 0 Å². The van der Waals surface area contributed by atoms with E-state index in [1.54, 1.807) is 4.68 Å². The molecule has 8 nitrogen and oxygen atoms in total. The summed E-state index contributed by atoms with van der Waals surface area (Å²) in [4.78, 5) is 2.43. The number of rotatable bonds is 13. The molecule has 8 heteroatoms. The fraction of sp³-hybridized carbons (Fsp3) is 0.435. The van der Waals surface area contributed by atoms with Gasteiger partial charge in [-0.05, 0) is 79.8 Å². The van der Waals surface area contributed by atoms with Crippen molar-refractivity contribution < 1.29 is 9.47 Å². The Hall–Kier alpha value is -2.97. The van der Waals surface area contributed by atoms with Gasteiger partial charge in [-0.1, -0.05) is 43.2 Å². The third-order valence-corrected chi connectivity index (χ3v) is 5.00. The number of ether oxygens (including phenoxy) is 2. The molecule has 0 aliphatic carbocycles. The first-order valence-electron chi connectivity index (χ1n) is 11.0. The zero-order valence-electron chi connectivity index (χ0n) is 18.6. The van der Waals surface area contributed by atoms with Crippen LogP contribution in [-0.4, -0.2) is 57.9 Å². The molecule has 0 unspecified atom stereocenters. The van der Waals surface area contributed by atoms with E-state index in [0.717, 1.165) is 50.4 Å². The molecule has 0 saturated carbocycles. The van der Waals surface area contributed by atoms with Crippen molar-refractivity contribution in [1.29, 1.82) is 0 Å². The van der Waals surface area contributed by atoms with E-state index in [4.69, 9.17) is 9.47 Å². The van der Waals surface area contributed by atoms with Crippen LogP contribution in [0.15, 0.2) is 48.5 Å². The van der Waals surface area contributed by atoms with Crippen molar-refractivity contribution in [3.8, 4) is 23.2 Å². The Bertz CT molecular complexity index is 911. The standard InChI is InChI=1S/C23H32N6O2/c1-4-28(5-2)16-10-15-24-18-19-13-14-21(22(17-19)30-6-3)31-23-25-26-27-29(23)20-11-8-7-9-12-20/h7-9,11-14,17,24H,4-6,10,15-16,18H2,1-3H3. The summed E-state index contributed by atoms with van der Waals surface area (Å²) in [5, 5.41) is 15.3. The van der Waals surface area contributed by atoms with Crippen LogP contribution in [0.4, 0.5) is 0 Å². The fourth-order valence-electron chi connectivity index (χ4n) is 3.29. The lowest BCUT2D eigenvalue weighted by molar-refractivity contribution is 0.298. The Labute approximate surface area is 184 Å². The molecule has 0 radical (unpaired) electrons. The van der Waals surface area contributed by atoms with Gasteiger partial charge in [0, 0.05) is 6.54 Å². The van der Waals surface area contributed by atoms with Crippen molar-refractivity contribution >= 4 is 0 Å². The number of benzene rings is 2. The molecule has 1 N–H and O–H groups in total. The summed E-state index contributed by atoms with van der Waals surface area (Å²) in [5.41, 5.74) is 1.97. The van der Waals surface area contributed by atoms with Crippen molar-refractivity contribution in [1.82, 2.24) is 30.4 Å². The normalized spacial score (nSPS) is 11.1. The Kier molecular flexibility index (Phi) is 8.81. The van der Waals surface area contributed by atoms with E-state index < -0.39 is 0 Å². The molecule has 0 amide bonds. The average Bonchev–Trinajstić information content (AvgIpc) is 3.27. The molecule has 0 fully saturated rings. The first kappa shape index (κ1) is 22.7. The van der Waals surface area contributed by atoms with Crippen molar-refractivity contribution in [3.63, 3.8) is 0 Å². The van der Waals surface area contributed by atoms with Gasteiger partial charge < -0.3 is 19.7 Å². The van der Waals surface area contributed by atoms with Gasteiger partial charge in [0.15, 0.2) is 11.5 Å². The molecule has 166 valence electrons. The predicted molar refractivity (Wildman–Crippen MR) is 121 cm³/mol. The average molecular weight is 425 g/mol. The molecule has 0 aliphatic rings. The third-order valence-electron chi connectivity index (χ3n) is 5.00. The highest BCUT2D eigenvalue weighted by Gasteiger charge is 2.14. The highest BCUT2D eigenvalue weighted by molar-refractivity contribution is 5.44. The molecule has 0 saturated heterocycles. The second kappa shape index (κ2) is 12.0. The van der Waals surface area contributed by atoms with Gasteiger partial charge in [0.05, 0.1) is 12.3 Å². The fourth-order valence-corrected chi connectivity index (χ4v) is 3.29. The van der Waals surface area contributed by atoms with Crippen LogP contribution in [0.5, 0.6) is 17.5 Å². The second-order valence-electron chi connectivity index (χ2n) is 7.08. The predicted octanol–water partition coefficient (Wildman–Crippen LogP) is 3.67. The Morgan fingerprint density at radius 1 is 1.00 bits per heavy atom. The molecular weight excluding hydrogens is 392 g/mol. The maximum absolute atomic E-state index is 6.01. The Morgan fingerprint density at radius 3 is 2.55 bits per heavy atom. The summed E-state index contributed by atoms with van der Waals surface area (Å²) in [5.74, 6) is 1.26. The zero-order valence-corrected chi connectivity index (χ0v) is 18.6. The molecule has 31 heavy (non-hydrogen) atoms. The van der Waals surface area contributed by atoms with Gasteiger partial charge in [0.25, 0.3) is 0 Å². The largest absolute Gasteiger partial charge is 0.490 e. The number of nitrogens with one attached hydrogen (secondary N) is 1. The first-order valence-corrected chi connectivity index (χ1v) is 11.0. The van der Waals surface area contributed by atoms with Crippen LogP contribution in [0.2, 0.25) is 0 Å². The Balaban J connectivity index is 1.63. The minimum Gasteiger partial charge on any atom is -0.490 e. The van der Waals surface area contributed by atoms with Crippen LogP contribution in [0.25, 0.3) is 5.69 Å². The zero-order chi connectivity index (χ0) is 21.9. The van der Waals surface area contributed by atoms with Gasteiger partial charge in [-0.3, -0.25) is 0 Å². The van der Waals surface area contributed by atoms with E-state index in [1.807, 2.05) is 55.5 Å². The topological polar surface area (TPSA) is 77.3 Å². The molecule has 1 aromatic heterocycles. The number of hydrogen-bond donors (Lipinski definition) is 1. The maximum atomic E-state index is 6.01. The molecule has 0 atom stereocenters. The van der Waals surface area contributed by atoms with Crippen LogP contribution in [-0.2, 0) is 6.54 Å². The molecule has 2 aromatic carbocycles. The third kappa shape index (κ3) is 6.50. The van der Waals surface area contributed by atoms with Crippen LogP contribution >= 0.6 is 0 Å². The molecule has 0 bridgehead atoms. The van der Waals surface area contributed by atoms with E-state index in [9.17, 15) is 0 Å². The van der Waals surface area contributed by atoms with E-state index >= 15 is 0 Å². The molecule has 0 aliphatic heterocycles. The van der Waals surface area contributed by atoms with E-state index in [-0.39, 0.29) is 6.01 Å². The van der Waals surface area contributed by atoms with Gasteiger partial charge >= 0.3 is 6.01 Å². The minimum absolute atomic E-state index is 0.287. The van der Waals surface area contributed by atoms with E-state index in [1.165, 1.54) is 0 Å². The van der Waals surface area contributed by atoms with Crippen LogP contribution in [0.3, 0.4) is 0 Å². The van der Waals surface area contributed by atoms with Crippen LogP contribution in [0, 0.1) is 0 Å². The summed E-state index contributed by atoms with van der Waals surface area (Å²) >= 11 is 0. The smallest absolute Gasteiger partial charge is 0.346 e. The van der Waals surface area contributed by atoms with Crippen molar-refractivity contribution in [2.24, 2.45) is 0 Å². The van der Waals surface area contributed by atoms with Crippen molar-refractivity contribution in [3.05, 3.63) is 54.1 Å². The molecule has 1 heterocycles. The van der Waals surface area contributed by atoms with Crippen LogP contribution < -0.4 is 14.8 Å². The summed E-state index contributed by atoms with van der Waals surface area (Å²) in [7, 11) is 0. The summed E-state index contributed by atoms with van der Waals surface area (Å²) < 4.78 is 13.4. The molecular formula is C23H32N6O2. The monoisotopic (exact) mass is 424 g/mol. The summed E-state index contributed by atoms with van der Waals surface area (Å²) in [6.07, 6.45) is 1.13. The Morgan fingerprint density at radius 2 is 1.81 bits per heavy atom. The van der Waals surface area contributed by atoms with Gasteiger partial charge in [-0.25, -0.2) is 0 Å². The number of hydrogen-bond acceptors (Lipinski definition) is 7. The number of tetrazole rings is 1. The van der Waals surface area contributed by atoms with E-state index in [0.29, 0.717) is 18.1 Å². The summed E-state index contributed by atoms with van der Waals surface area (Å²) in [6, 6.07) is 15.9. The van der Waals surface area contributed by atoms with Gasteiger partial charge in [-0.15, -0.1) is 0 Å². The molecule has 3 rings (SSSR count). The SMILES string of the molecule is CCOc1cc(CNCCCN(CC)CC)ccc1Oc1nnnn1-c1ccccc1. The highest BCUT2D eigenvalue weighted by Crippen LogP contribution is 2.32. The van der Waals surface area contributed by atoms with Crippen molar-refractivity contribution in [2.45, 2.75) is 33.7 Å². The minimum atomic E-state index is 0.287. The maximum Gasteiger partial charge on any atom is 0.346 e. The van der Waals surface area contributed by atoms with Crippen molar-refractivity contribution in [2.75, 3.05) is 32.8 Å². The number of para-hydroxylation sites is 1. The summed E-state index contributed by atoms with van der Waals surface area (Å²) in [6.45, 7) is 12.0. The van der Waals surface area contributed by atoms with Gasteiger partial charge in [-0.2, -0.15) is 4.68 Å². The number of aromatic nitrogens is 4. The highest BCUT2D eigenvalue weighted by atomic mass is 16.5. The molecule has 3 aromatic rings. The van der Waals surface area contributed by atoms with Gasteiger partial charge in [0.1, 0.15) is 0 Å². The molecule has 0 spiro atoms. The van der Waals surface area contributed by atoms with Crippen LogP contribution in [0.1, 0.15) is 32.8 Å². The number of nitrogens with zero attached hydrogens (tertiary/aromatic N) is 5. The lowest BCUT2D eigenvalue weighted by Gasteiger charge is -2.17. The second-order valence-corrected chi connectivity index (χ2v) is 7.08. The lowest BCUT2D eigenvalue weighted by atomic mass is 10.2.